The van der Waals surface area contributed by atoms with Crippen LogP contribution in [0, 0.1) is 6.92 Å². The lowest BCUT2D eigenvalue weighted by Crippen LogP contribution is -2.46. The second-order valence-electron chi connectivity index (χ2n) is 6.76. The SMILES string of the molecule is Cc1oc(-c2ccccc2)nc1C(=O)N[C@H]1CCN2CCCC[C@H]12. The molecule has 2 aliphatic heterocycles. The van der Waals surface area contributed by atoms with E-state index in [9.17, 15) is 4.79 Å². The van der Waals surface area contributed by atoms with Gasteiger partial charge in [-0.2, -0.15) is 0 Å². The molecule has 0 unspecified atom stereocenters. The van der Waals surface area contributed by atoms with E-state index in [-0.39, 0.29) is 11.9 Å². The highest BCUT2D eigenvalue weighted by Crippen LogP contribution is 2.28. The first-order valence-corrected chi connectivity index (χ1v) is 8.80. The standard InChI is InChI=1S/C19H23N3O2/c1-13-17(21-19(24-13)14-7-3-2-4-8-14)18(23)20-15-10-12-22-11-6-5-9-16(15)22/h2-4,7-8,15-16H,5-6,9-12H2,1H3,(H,20,23)/t15-,16+/m0/s1. The van der Waals surface area contributed by atoms with Crippen molar-refractivity contribution in [1.29, 1.82) is 0 Å². The maximum absolute atomic E-state index is 12.7. The summed E-state index contributed by atoms with van der Waals surface area (Å²) in [5.74, 6) is 0.963. The molecule has 24 heavy (non-hydrogen) atoms. The van der Waals surface area contributed by atoms with Crippen molar-refractivity contribution in [2.24, 2.45) is 0 Å². The van der Waals surface area contributed by atoms with E-state index in [1.54, 1.807) is 6.92 Å². The first-order valence-electron chi connectivity index (χ1n) is 8.80. The molecule has 4 rings (SSSR count). The Morgan fingerprint density at radius 2 is 2.04 bits per heavy atom. The van der Waals surface area contributed by atoms with Gasteiger partial charge in [-0.25, -0.2) is 4.98 Å². The summed E-state index contributed by atoms with van der Waals surface area (Å²) < 4.78 is 5.71. The zero-order chi connectivity index (χ0) is 16.5. The number of hydrogen-bond donors (Lipinski definition) is 1. The summed E-state index contributed by atoms with van der Waals surface area (Å²) in [6.07, 6.45) is 4.74. The number of amides is 1. The zero-order valence-electron chi connectivity index (χ0n) is 14.0. The van der Waals surface area contributed by atoms with Gasteiger partial charge in [-0.3, -0.25) is 9.69 Å². The largest absolute Gasteiger partial charge is 0.441 e. The molecule has 2 atom stereocenters. The van der Waals surface area contributed by atoms with Gasteiger partial charge in [0.2, 0.25) is 5.89 Å². The number of nitrogens with zero attached hydrogens (tertiary/aromatic N) is 2. The Morgan fingerprint density at radius 3 is 2.88 bits per heavy atom. The lowest BCUT2D eigenvalue weighted by molar-refractivity contribution is 0.0909. The number of hydrogen-bond acceptors (Lipinski definition) is 4. The van der Waals surface area contributed by atoms with Crippen molar-refractivity contribution in [3.05, 3.63) is 41.8 Å². The van der Waals surface area contributed by atoms with Gasteiger partial charge in [-0.05, 0) is 44.9 Å². The van der Waals surface area contributed by atoms with Crippen molar-refractivity contribution in [1.82, 2.24) is 15.2 Å². The molecule has 5 nitrogen and oxygen atoms in total. The van der Waals surface area contributed by atoms with Crippen LogP contribution in [0.5, 0.6) is 0 Å². The van der Waals surface area contributed by atoms with E-state index < -0.39 is 0 Å². The van der Waals surface area contributed by atoms with Crippen LogP contribution < -0.4 is 5.32 Å². The molecule has 5 heteroatoms. The van der Waals surface area contributed by atoms with Crippen molar-refractivity contribution in [2.75, 3.05) is 13.1 Å². The molecule has 126 valence electrons. The topological polar surface area (TPSA) is 58.4 Å². The van der Waals surface area contributed by atoms with E-state index in [0.29, 0.717) is 23.4 Å². The van der Waals surface area contributed by atoms with Crippen molar-refractivity contribution in [3.63, 3.8) is 0 Å². The maximum atomic E-state index is 12.7. The second-order valence-corrected chi connectivity index (χ2v) is 6.76. The summed E-state index contributed by atoms with van der Waals surface area (Å²) in [5, 5.41) is 3.20. The molecule has 0 aliphatic carbocycles. The summed E-state index contributed by atoms with van der Waals surface area (Å²) in [6.45, 7) is 4.05. The molecule has 2 aliphatic rings. The quantitative estimate of drug-likeness (QED) is 0.942. The number of carbonyl (C=O) groups is 1. The summed E-state index contributed by atoms with van der Waals surface area (Å²) in [5.41, 5.74) is 1.29. The fourth-order valence-electron chi connectivity index (χ4n) is 3.96. The number of piperidine rings is 1. The number of aryl methyl sites for hydroxylation is 1. The number of aromatic nitrogens is 1. The summed E-state index contributed by atoms with van der Waals surface area (Å²) in [6, 6.07) is 10.4. The normalized spacial score (nSPS) is 23.9. The minimum absolute atomic E-state index is 0.115. The monoisotopic (exact) mass is 325 g/mol. The molecule has 0 bridgehead atoms. The van der Waals surface area contributed by atoms with Crippen LogP contribution in [-0.2, 0) is 0 Å². The number of rotatable bonds is 3. The average molecular weight is 325 g/mol. The van der Waals surface area contributed by atoms with E-state index >= 15 is 0 Å². The van der Waals surface area contributed by atoms with Gasteiger partial charge in [-0.1, -0.05) is 24.6 Å². The Balaban J connectivity index is 1.50. The van der Waals surface area contributed by atoms with Crippen LogP contribution in [0.25, 0.3) is 11.5 Å². The first kappa shape index (κ1) is 15.4. The molecule has 3 heterocycles. The Hall–Kier alpha value is -2.14. The van der Waals surface area contributed by atoms with Crippen molar-refractivity contribution < 1.29 is 9.21 Å². The molecule has 0 spiro atoms. The predicted molar refractivity (Wildman–Crippen MR) is 91.8 cm³/mol. The lowest BCUT2D eigenvalue weighted by atomic mass is 9.99. The van der Waals surface area contributed by atoms with Crippen molar-refractivity contribution >= 4 is 5.91 Å². The lowest BCUT2D eigenvalue weighted by Gasteiger charge is -2.32. The molecule has 0 saturated carbocycles. The fraction of sp³-hybridized carbons (Fsp3) is 0.474. The Bertz CT molecular complexity index is 725. The van der Waals surface area contributed by atoms with Gasteiger partial charge in [0, 0.05) is 24.2 Å². The van der Waals surface area contributed by atoms with Crippen LogP contribution in [0.2, 0.25) is 0 Å². The smallest absolute Gasteiger partial charge is 0.273 e. The van der Waals surface area contributed by atoms with Gasteiger partial charge in [-0.15, -0.1) is 0 Å². The molecule has 2 aromatic rings. The van der Waals surface area contributed by atoms with Crippen LogP contribution in [0.3, 0.4) is 0 Å². The van der Waals surface area contributed by atoms with Gasteiger partial charge < -0.3 is 9.73 Å². The Kier molecular flexibility index (Phi) is 4.10. The minimum atomic E-state index is -0.115. The predicted octanol–water partition coefficient (Wildman–Crippen LogP) is 3.01. The van der Waals surface area contributed by atoms with Crippen molar-refractivity contribution in [3.8, 4) is 11.5 Å². The minimum Gasteiger partial charge on any atom is -0.441 e. The summed E-state index contributed by atoms with van der Waals surface area (Å²) >= 11 is 0. The maximum Gasteiger partial charge on any atom is 0.273 e. The van der Waals surface area contributed by atoms with E-state index in [1.807, 2.05) is 30.3 Å². The van der Waals surface area contributed by atoms with E-state index in [0.717, 1.165) is 25.1 Å². The van der Waals surface area contributed by atoms with Crippen LogP contribution in [0.1, 0.15) is 41.9 Å². The summed E-state index contributed by atoms with van der Waals surface area (Å²) in [7, 11) is 0. The third-order valence-electron chi connectivity index (χ3n) is 5.20. The first-order chi connectivity index (χ1) is 11.7. The fourth-order valence-corrected chi connectivity index (χ4v) is 3.96. The van der Waals surface area contributed by atoms with Crippen LogP contribution in [-0.4, -0.2) is 41.0 Å². The molecular formula is C19H23N3O2. The number of nitrogens with one attached hydrogen (secondary N) is 1. The highest BCUT2D eigenvalue weighted by Gasteiger charge is 2.36. The number of oxazole rings is 1. The number of fused-ring (bicyclic) bond motifs is 1. The zero-order valence-corrected chi connectivity index (χ0v) is 14.0. The molecule has 1 aromatic carbocycles. The van der Waals surface area contributed by atoms with E-state index in [1.165, 1.54) is 19.3 Å². The Morgan fingerprint density at radius 1 is 1.21 bits per heavy atom. The third-order valence-corrected chi connectivity index (χ3v) is 5.20. The average Bonchev–Trinajstić information content (AvgIpc) is 3.20. The number of carbonyl (C=O) groups excluding carboxylic acids is 1. The Labute approximate surface area is 142 Å². The third kappa shape index (κ3) is 2.84. The molecule has 2 saturated heterocycles. The highest BCUT2D eigenvalue weighted by atomic mass is 16.4. The van der Waals surface area contributed by atoms with E-state index in [4.69, 9.17) is 4.42 Å². The second kappa shape index (κ2) is 6.40. The van der Waals surface area contributed by atoms with Crippen LogP contribution in [0.4, 0.5) is 0 Å². The van der Waals surface area contributed by atoms with Gasteiger partial charge in [0.05, 0.1) is 0 Å². The molecule has 0 radical (unpaired) electrons. The van der Waals surface area contributed by atoms with Crippen LogP contribution in [0.15, 0.2) is 34.7 Å². The van der Waals surface area contributed by atoms with E-state index in [2.05, 4.69) is 15.2 Å². The van der Waals surface area contributed by atoms with Gasteiger partial charge in [0.25, 0.3) is 5.91 Å². The number of benzene rings is 1. The molecule has 1 amide bonds. The molecule has 1 N–H and O–H groups in total. The van der Waals surface area contributed by atoms with Crippen molar-refractivity contribution in [2.45, 2.75) is 44.7 Å². The summed E-state index contributed by atoms with van der Waals surface area (Å²) in [4.78, 5) is 19.6. The van der Waals surface area contributed by atoms with Gasteiger partial charge >= 0.3 is 0 Å². The molecular weight excluding hydrogens is 302 g/mol. The van der Waals surface area contributed by atoms with Crippen LogP contribution >= 0.6 is 0 Å². The molecule has 1 aromatic heterocycles. The van der Waals surface area contributed by atoms with Gasteiger partial charge in [0.15, 0.2) is 5.69 Å². The van der Waals surface area contributed by atoms with Gasteiger partial charge in [0.1, 0.15) is 5.76 Å². The highest BCUT2D eigenvalue weighted by molar-refractivity contribution is 5.94. The molecule has 2 fully saturated rings.